The highest BCUT2D eigenvalue weighted by molar-refractivity contribution is 7.80. The molecule has 2 amide bonds. The summed E-state index contributed by atoms with van der Waals surface area (Å²) in [5, 5.41) is 6.23. The van der Waals surface area contributed by atoms with E-state index in [0.29, 0.717) is 40.9 Å². The van der Waals surface area contributed by atoms with E-state index in [0.717, 1.165) is 6.42 Å². The van der Waals surface area contributed by atoms with E-state index in [9.17, 15) is 9.59 Å². The first-order valence-electron chi connectivity index (χ1n) is 9.77. The SMILES string of the molecule is CCOc1ccccc1C(=O)NCC(=O)NNC(=S)N[C@H]1CCC[C@H](C)[C@@H]1C. The Balaban J connectivity index is 1.74. The van der Waals surface area contributed by atoms with Crippen LogP contribution < -0.4 is 26.2 Å². The van der Waals surface area contributed by atoms with Crippen LogP contribution in [0.5, 0.6) is 5.75 Å². The van der Waals surface area contributed by atoms with Crippen molar-refractivity contribution in [1.82, 2.24) is 21.5 Å². The van der Waals surface area contributed by atoms with E-state index >= 15 is 0 Å². The predicted molar refractivity (Wildman–Crippen MR) is 113 cm³/mol. The molecular weight excluding hydrogens is 376 g/mol. The fourth-order valence-electron chi connectivity index (χ4n) is 3.35. The van der Waals surface area contributed by atoms with Crippen LogP contribution in [-0.4, -0.2) is 36.1 Å². The van der Waals surface area contributed by atoms with E-state index in [2.05, 4.69) is 35.3 Å². The first-order valence-corrected chi connectivity index (χ1v) is 10.2. The Kier molecular flexibility index (Phi) is 8.50. The number of thiocarbonyl (C=S) groups is 1. The van der Waals surface area contributed by atoms with Gasteiger partial charge in [-0.1, -0.05) is 38.8 Å². The topological polar surface area (TPSA) is 91.5 Å². The van der Waals surface area contributed by atoms with Crippen molar-refractivity contribution in [3.05, 3.63) is 29.8 Å². The van der Waals surface area contributed by atoms with Gasteiger partial charge in [0, 0.05) is 6.04 Å². The molecule has 1 aliphatic rings. The molecule has 0 aromatic heterocycles. The van der Waals surface area contributed by atoms with E-state index in [1.54, 1.807) is 24.3 Å². The molecule has 28 heavy (non-hydrogen) atoms. The minimum atomic E-state index is -0.392. The van der Waals surface area contributed by atoms with Crippen molar-refractivity contribution in [1.29, 1.82) is 0 Å². The molecule has 1 fully saturated rings. The largest absolute Gasteiger partial charge is 0.493 e. The number of rotatable bonds is 6. The molecule has 8 heteroatoms. The molecule has 4 N–H and O–H groups in total. The minimum absolute atomic E-state index is 0.175. The second kappa shape index (κ2) is 10.8. The van der Waals surface area contributed by atoms with Crippen LogP contribution in [-0.2, 0) is 4.79 Å². The van der Waals surface area contributed by atoms with E-state index in [-0.39, 0.29) is 12.5 Å². The van der Waals surface area contributed by atoms with Gasteiger partial charge >= 0.3 is 0 Å². The maximum Gasteiger partial charge on any atom is 0.257 e. The molecule has 0 unspecified atom stereocenters. The van der Waals surface area contributed by atoms with E-state index in [4.69, 9.17) is 17.0 Å². The minimum Gasteiger partial charge on any atom is -0.493 e. The highest BCUT2D eigenvalue weighted by Gasteiger charge is 2.27. The first-order chi connectivity index (χ1) is 13.4. The molecule has 0 aliphatic heterocycles. The molecule has 154 valence electrons. The lowest BCUT2D eigenvalue weighted by Crippen LogP contribution is -2.53. The summed E-state index contributed by atoms with van der Waals surface area (Å²) in [6.45, 7) is 6.60. The van der Waals surface area contributed by atoms with Gasteiger partial charge in [0.05, 0.1) is 18.7 Å². The van der Waals surface area contributed by atoms with Crippen molar-refractivity contribution in [2.24, 2.45) is 11.8 Å². The lowest BCUT2D eigenvalue weighted by molar-refractivity contribution is -0.120. The molecule has 0 spiro atoms. The number of amides is 2. The van der Waals surface area contributed by atoms with Gasteiger partial charge < -0.3 is 15.4 Å². The summed E-state index contributed by atoms with van der Waals surface area (Å²) in [7, 11) is 0. The lowest BCUT2D eigenvalue weighted by atomic mass is 9.78. The van der Waals surface area contributed by atoms with Gasteiger partial charge in [-0.15, -0.1) is 0 Å². The van der Waals surface area contributed by atoms with Gasteiger partial charge in [-0.25, -0.2) is 0 Å². The van der Waals surface area contributed by atoms with Gasteiger partial charge in [0.2, 0.25) is 0 Å². The highest BCUT2D eigenvalue weighted by atomic mass is 32.1. The van der Waals surface area contributed by atoms with Crippen LogP contribution in [0.25, 0.3) is 0 Å². The molecule has 1 saturated carbocycles. The number of ether oxygens (including phenoxy) is 1. The fraction of sp³-hybridized carbons (Fsp3) is 0.550. The number of nitrogens with one attached hydrogen (secondary N) is 4. The maximum atomic E-state index is 12.3. The van der Waals surface area contributed by atoms with Gasteiger partial charge in [0.1, 0.15) is 5.75 Å². The van der Waals surface area contributed by atoms with Crippen LogP contribution in [0, 0.1) is 11.8 Å². The van der Waals surface area contributed by atoms with Crippen molar-refractivity contribution in [3.8, 4) is 5.75 Å². The number of benzene rings is 1. The summed E-state index contributed by atoms with van der Waals surface area (Å²) >= 11 is 5.26. The van der Waals surface area contributed by atoms with Crippen LogP contribution in [0.2, 0.25) is 0 Å². The molecule has 0 saturated heterocycles. The number of carbonyl (C=O) groups is 2. The molecule has 1 aliphatic carbocycles. The second-order valence-corrected chi connectivity index (χ2v) is 7.54. The summed E-state index contributed by atoms with van der Waals surface area (Å²) in [6, 6.07) is 7.21. The van der Waals surface area contributed by atoms with Crippen LogP contribution in [0.3, 0.4) is 0 Å². The number of para-hydroxylation sites is 1. The van der Waals surface area contributed by atoms with Crippen molar-refractivity contribution in [3.63, 3.8) is 0 Å². The van der Waals surface area contributed by atoms with Gasteiger partial charge in [0.15, 0.2) is 5.11 Å². The van der Waals surface area contributed by atoms with Crippen molar-refractivity contribution >= 4 is 29.1 Å². The molecular formula is C20H30N4O3S. The zero-order valence-electron chi connectivity index (χ0n) is 16.7. The van der Waals surface area contributed by atoms with Gasteiger partial charge in [-0.2, -0.15) is 0 Å². The molecule has 0 heterocycles. The Morgan fingerprint density at radius 2 is 1.93 bits per heavy atom. The monoisotopic (exact) mass is 406 g/mol. The van der Waals surface area contributed by atoms with Crippen LogP contribution in [0.15, 0.2) is 24.3 Å². The Hall–Kier alpha value is -2.35. The summed E-state index contributed by atoms with van der Waals surface area (Å²) in [4.78, 5) is 24.3. The van der Waals surface area contributed by atoms with Crippen molar-refractivity contribution < 1.29 is 14.3 Å². The normalized spacial score (nSPS) is 21.3. The van der Waals surface area contributed by atoms with Crippen LogP contribution >= 0.6 is 12.2 Å². The van der Waals surface area contributed by atoms with Crippen molar-refractivity contribution in [2.75, 3.05) is 13.2 Å². The van der Waals surface area contributed by atoms with E-state index < -0.39 is 5.91 Å². The lowest BCUT2D eigenvalue weighted by Gasteiger charge is -2.35. The summed E-state index contributed by atoms with van der Waals surface area (Å²) in [6.07, 6.45) is 3.48. The molecule has 1 aromatic rings. The maximum absolute atomic E-state index is 12.3. The third kappa shape index (κ3) is 6.37. The van der Waals surface area contributed by atoms with E-state index in [1.807, 2.05) is 6.92 Å². The number of hydrogen-bond donors (Lipinski definition) is 4. The third-order valence-electron chi connectivity index (χ3n) is 5.18. The Labute approximate surface area is 171 Å². The highest BCUT2D eigenvalue weighted by Crippen LogP contribution is 2.29. The summed E-state index contributed by atoms with van der Waals surface area (Å²) in [5.41, 5.74) is 5.60. The predicted octanol–water partition coefficient (Wildman–Crippen LogP) is 2.14. The van der Waals surface area contributed by atoms with Crippen LogP contribution in [0.1, 0.15) is 50.4 Å². The zero-order valence-corrected chi connectivity index (χ0v) is 17.5. The van der Waals surface area contributed by atoms with Gasteiger partial charge in [-0.05, 0) is 49.5 Å². The van der Waals surface area contributed by atoms with E-state index in [1.165, 1.54) is 12.8 Å². The molecule has 2 rings (SSSR count). The molecule has 7 nitrogen and oxygen atoms in total. The second-order valence-electron chi connectivity index (χ2n) is 7.13. The molecule has 3 atom stereocenters. The molecule has 1 aromatic carbocycles. The average molecular weight is 407 g/mol. The fourth-order valence-corrected chi connectivity index (χ4v) is 3.55. The van der Waals surface area contributed by atoms with Gasteiger partial charge in [0.25, 0.3) is 11.8 Å². The number of carbonyl (C=O) groups excluding carboxylic acids is 2. The Bertz CT molecular complexity index is 698. The van der Waals surface area contributed by atoms with Crippen LogP contribution in [0.4, 0.5) is 0 Å². The Morgan fingerprint density at radius 1 is 1.18 bits per heavy atom. The Morgan fingerprint density at radius 3 is 2.68 bits per heavy atom. The number of hydrogen-bond acceptors (Lipinski definition) is 4. The smallest absolute Gasteiger partial charge is 0.257 e. The quantitative estimate of drug-likeness (QED) is 0.427. The average Bonchev–Trinajstić information content (AvgIpc) is 2.68. The summed E-state index contributed by atoms with van der Waals surface area (Å²) in [5.74, 6) is 0.899. The number of hydrazine groups is 1. The standard InChI is InChI=1S/C20H30N4O3S/c1-4-27-17-11-6-5-9-15(17)19(26)21-12-18(25)23-24-20(28)22-16-10-7-8-13(2)14(16)3/h5-6,9,11,13-14,16H,4,7-8,10,12H2,1-3H3,(H,21,26)(H,23,25)(H2,22,24,28)/t13-,14-,16-/m0/s1. The van der Waals surface area contributed by atoms with Gasteiger partial charge in [-0.3, -0.25) is 20.4 Å². The summed E-state index contributed by atoms with van der Waals surface area (Å²) < 4.78 is 5.43. The molecule has 0 radical (unpaired) electrons. The third-order valence-corrected chi connectivity index (χ3v) is 5.40. The first kappa shape index (κ1) is 21.9. The zero-order chi connectivity index (χ0) is 20.5. The molecule has 0 bridgehead atoms. The van der Waals surface area contributed by atoms with Crippen molar-refractivity contribution in [2.45, 2.75) is 46.1 Å².